The van der Waals surface area contributed by atoms with Crippen molar-refractivity contribution in [1.82, 2.24) is 10.2 Å². The predicted octanol–water partition coefficient (Wildman–Crippen LogP) is 3.03. The van der Waals surface area contributed by atoms with Crippen molar-refractivity contribution in [3.05, 3.63) is 86.6 Å². The van der Waals surface area contributed by atoms with E-state index in [9.17, 15) is 19.8 Å². The van der Waals surface area contributed by atoms with E-state index in [0.29, 0.717) is 44.2 Å². The number of carbonyl (C=O) groups is 2. The highest BCUT2D eigenvalue weighted by molar-refractivity contribution is 7.10. The van der Waals surface area contributed by atoms with Gasteiger partial charge in [0, 0.05) is 37.6 Å². The van der Waals surface area contributed by atoms with Gasteiger partial charge in [0.1, 0.15) is 0 Å². The third-order valence-corrected chi connectivity index (χ3v) is 7.84. The van der Waals surface area contributed by atoms with Gasteiger partial charge in [-0.25, -0.2) is 0 Å². The molecule has 0 radical (unpaired) electrons. The summed E-state index contributed by atoms with van der Waals surface area (Å²) in [6.07, 6.45) is -2.18. The number of thiophene rings is 1. The minimum absolute atomic E-state index is 0.303. The summed E-state index contributed by atoms with van der Waals surface area (Å²) in [7, 11) is 0. The van der Waals surface area contributed by atoms with Crippen LogP contribution in [0, 0.1) is 6.92 Å². The van der Waals surface area contributed by atoms with Crippen molar-refractivity contribution in [3.8, 4) is 0 Å². The van der Waals surface area contributed by atoms with E-state index in [1.165, 1.54) is 21.6 Å². The summed E-state index contributed by atoms with van der Waals surface area (Å²) < 4.78 is 0. The monoisotopic (exact) mass is 541 g/mol. The minimum Gasteiger partial charge on any atom is -0.380 e. The van der Waals surface area contributed by atoms with Gasteiger partial charge in [0.05, 0.1) is 10.7 Å². The number of para-hydroxylation sites is 1. The molecule has 0 unspecified atom stereocenters. The first-order valence-corrected chi connectivity index (χ1v) is 13.6. The number of aliphatic hydroxyl groups excluding tert-OH is 2. The fourth-order valence-electron chi connectivity index (χ4n) is 4.46. The number of amides is 2. The molecule has 7 nitrogen and oxygen atoms in total. The summed E-state index contributed by atoms with van der Waals surface area (Å²) in [4.78, 5) is 29.8. The van der Waals surface area contributed by atoms with Crippen molar-refractivity contribution in [2.24, 2.45) is 0 Å². The smallest absolute Gasteiger partial charge is 0.254 e. The maximum atomic E-state index is 12.7. The van der Waals surface area contributed by atoms with Gasteiger partial charge in [-0.2, -0.15) is 0 Å². The van der Waals surface area contributed by atoms with Gasteiger partial charge in [-0.1, -0.05) is 53.6 Å². The number of hydrogen-bond donors (Lipinski definition) is 3. The molecule has 3 N–H and O–H groups in total. The summed E-state index contributed by atoms with van der Waals surface area (Å²) in [5, 5.41) is 26.1. The number of aryl methyl sites for hydroxylation is 1. The van der Waals surface area contributed by atoms with Crippen LogP contribution in [0.5, 0.6) is 0 Å². The van der Waals surface area contributed by atoms with Gasteiger partial charge in [0.15, 0.2) is 12.2 Å². The lowest BCUT2D eigenvalue weighted by Gasteiger charge is -2.37. The number of carbonyl (C=O) groups excluding carboxylic acids is 2. The molecular formula is C28H32ClN3O4S. The van der Waals surface area contributed by atoms with Gasteiger partial charge in [0.2, 0.25) is 0 Å². The number of anilines is 1. The normalized spacial score (nSPS) is 15.4. The second-order valence-electron chi connectivity index (χ2n) is 9.28. The van der Waals surface area contributed by atoms with Crippen LogP contribution >= 0.6 is 22.9 Å². The highest BCUT2D eigenvalue weighted by atomic mass is 35.5. The van der Waals surface area contributed by atoms with Crippen LogP contribution in [-0.4, -0.2) is 71.9 Å². The van der Waals surface area contributed by atoms with E-state index in [1.54, 1.807) is 11.3 Å². The largest absolute Gasteiger partial charge is 0.380 e. The predicted molar refractivity (Wildman–Crippen MR) is 147 cm³/mol. The van der Waals surface area contributed by atoms with Crippen LogP contribution < -0.4 is 10.2 Å². The van der Waals surface area contributed by atoms with Crippen LogP contribution in [0.25, 0.3) is 0 Å². The number of piperazine rings is 1. The molecule has 37 heavy (non-hydrogen) atoms. The van der Waals surface area contributed by atoms with Gasteiger partial charge in [-0.15, -0.1) is 11.3 Å². The lowest BCUT2D eigenvalue weighted by Crippen LogP contribution is -2.55. The van der Waals surface area contributed by atoms with Crippen LogP contribution in [0.2, 0.25) is 5.02 Å². The average molecular weight is 542 g/mol. The van der Waals surface area contributed by atoms with E-state index in [2.05, 4.69) is 52.9 Å². The van der Waals surface area contributed by atoms with E-state index in [-0.39, 0.29) is 0 Å². The number of hydrogen-bond acceptors (Lipinski definition) is 6. The van der Waals surface area contributed by atoms with Crippen molar-refractivity contribution in [2.45, 2.75) is 32.0 Å². The zero-order valence-electron chi connectivity index (χ0n) is 20.8. The Hall–Kier alpha value is -2.91. The van der Waals surface area contributed by atoms with Crippen LogP contribution in [0.15, 0.2) is 60.0 Å². The number of aliphatic hydroxyl groups is 2. The van der Waals surface area contributed by atoms with Gasteiger partial charge >= 0.3 is 0 Å². The van der Waals surface area contributed by atoms with Crippen molar-refractivity contribution in [2.75, 3.05) is 37.6 Å². The van der Waals surface area contributed by atoms with Crippen LogP contribution in [-0.2, 0) is 22.4 Å². The van der Waals surface area contributed by atoms with Gasteiger partial charge in [0.25, 0.3) is 11.8 Å². The number of rotatable bonds is 9. The number of benzene rings is 2. The molecule has 196 valence electrons. The molecule has 0 bridgehead atoms. The molecule has 0 aliphatic carbocycles. The molecule has 9 heteroatoms. The molecule has 2 amide bonds. The quantitative estimate of drug-likeness (QED) is 0.387. The third-order valence-electron chi connectivity index (χ3n) is 6.47. The van der Waals surface area contributed by atoms with Crippen molar-refractivity contribution < 1.29 is 19.8 Å². The molecule has 2 aromatic carbocycles. The molecule has 2 atom stereocenters. The Morgan fingerprint density at radius 2 is 1.76 bits per heavy atom. The first-order chi connectivity index (χ1) is 17.8. The third kappa shape index (κ3) is 7.11. The Morgan fingerprint density at radius 3 is 2.49 bits per heavy atom. The van der Waals surface area contributed by atoms with Gasteiger partial charge in [-0.05, 0) is 54.5 Å². The molecular weight excluding hydrogens is 510 g/mol. The molecule has 0 spiro atoms. The maximum Gasteiger partial charge on any atom is 0.254 e. The molecule has 3 aromatic rings. The summed E-state index contributed by atoms with van der Waals surface area (Å²) in [6.45, 7) is 4.18. The Bertz CT molecular complexity index is 1230. The second kappa shape index (κ2) is 12.6. The highest BCUT2D eigenvalue weighted by Gasteiger charge is 2.34. The van der Waals surface area contributed by atoms with E-state index < -0.39 is 24.0 Å². The lowest BCUT2D eigenvalue weighted by molar-refractivity contribution is -0.153. The van der Waals surface area contributed by atoms with E-state index >= 15 is 0 Å². The zero-order valence-corrected chi connectivity index (χ0v) is 22.3. The zero-order chi connectivity index (χ0) is 26.4. The summed E-state index contributed by atoms with van der Waals surface area (Å²) in [6, 6.07) is 18.0. The standard InChI is InChI=1S/C28H32ClN3O4S/c1-19-5-4-6-20(15-19)16-21-17-22(37-18-21)9-10-30-27(35)25(33)26(34)28(36)32-13-11-31(12-14-32)24-8-3-2-7-23(24)29/h2-8,15,17-18,25-26,33-34H,9-14,16H2,1H3,(H,30,35)/t25-,26-/m1/s1. The summed E-state index contributed by atoms with van der Waals surface area (Å²) in [5.41, 5.74) is 4.59. The van der Waals surface area contributed by atoms with Crippen LogP contribution in [0.4, 0.5) is 5.69 Å². The Balaban J connectivity index is 1.21. The average Bonchev–Trinajstić information content (AvgIpc) is 3.34. The van der Waals surface area contributed by atoms with Crippen molar-refractivity contribution in [1.29, 1.82) is 0 Å². The van der Waals surface area contributed by atoms with Crippen LogP contribution in [0.1, 0.15) is 21.6 Å². The fraction of sp³-hybridized carbons (Fsp3) is 0.357. The van der Waals surface area contributed by atoms with Gasteiger partial charge < -0.3 is 25.3 Å². The summed E-state index contributed by atoms with van der Waals surface area (Å²) >= 11 is 7.89. The Labute approximate surface area is 226 Å². The molecule has 1 aliphatic rings. The van der Waals surface area contributed by atoms with Crippen molar-refractivity contribution in [3.63, 3.8) is 0 Å². The SMILES string of the molecule is Cc1cccc(Cc2csc(CCNC(=O)[C@H](O)[C@@H](O)C(=O)N3CCN(c4ccccc4Cl)CC3)c2)c1. The van der Waals surface area contributed by atoms with Gasteiger partial charge in [-0.3, -0.25) is 9.59 Å². The molecule has 1 saturated heterocycles. The molecule has 4 rings (SSSR count). The molecule has 1 aliphatic heterocycles. The highest BCUT2D eigenvalue weighted by Crippen LogP contribution is 2.26. The lowest BCUT2D eigenvalue weighted by atomic mass is 10.1. The van der Waals surface area contributed by atoms with E-state index in [4.69, 9.17) is 11.6 Å². The maximum absolute atomic E-state index is 12.7. The van der Waals surface area contributed by atoms with Crippen LogP contribution in [0.3, 0.4) is 0 Å². The molecule has 2 heterocycles. The van der Waals surface area contributed by atoms with E-state index in [0.717, 1.165) is 17.0 Å². The summed E-state index contributed by atoms with van der Waals surface area (Å²) in [5.74, 6) is -1.41. The Kier molecular flexibility index (Phi) is 9.21. The number of halogens is 1. The first kappa shape index (κ1) is 27.1. The molecule has 1 aromatic heterocycles. The minimum atomic E-state index is -1.82. The topological polar surface area (TPSA) is 93.1 Å². The molecule has 0 saturated carbocycles. The molecule has 1 fully saturated rings. The Morgan fingerprint density at radius 1 is 1.00 bits per heavy atom. The van der Waals surface area contributed by atoms with E-state index in [1.807, 2.05) is 24.3 Å². The number of nitrogens with zero attached hydrogens (tertiary/aromatic N) is 2. The first-order valence-electron chi connectivity index (χ1n) is 12.4. The second-order valence-corrected chi connectivity index (χ2v) is 10.7. The number of nitrogens with one attached hydrogen (secondary N) is 1. The fourth-order valence-corrected chi connectivity index (χ4v) is 5.61. The van der Waals surface area contributed by atoms with Crippen molar-refractivity contribution >= 4 is 40.4 Å².